The van der Waals surface area contributed by atoms with Crippen LogP contribution in [-0.4, -0.2) is 37.3 Å². The molecule has 2 aliphatic rings. The summed E-state index contributed by atoms with van der Waals surface area (Å²) in [4.78, 5) is 28.5. The van der Waals surface area contributed by atoms with Crippen molar-refractivity contribution in [2.24, 2.45) is 0 Å². The van der Waals surface area contributed by atoms with Crippen molar-refractivity contribution in [2.45, 2.75) is 39.2 Å². The molecule has 2 heterocycles. The molecule has 1 atom stereocenters. The fourth-order valence-corrected chi connectivity index (χ4v) is 4.96. The molecule has 0 aliphatic carbocycles. The number of rotatable bonds is 6. The Hall–Kier alpha value is -4.46. The summed E-state index contributed by atoms with van der Waals surface area (Å²) in [5, 5.41) is 11.6. The van der Waals surface area contributed by atoms with Gasteiger partial charge < -0.3 is 24.1 Å². The van der Waals surface area contributed by atoms with Crippen molar-refractivity contribution in [3.63, 3.8) is 0 Å². The van der Waals surface area contributed by atoms with Gasteiger partial charge in [0.1, 0.15) is 17.3 Å². The first-order chi connectivity index (χ1) is 18.6. The van der Waals surface area contributed by atoms with Gasteiger partial charge in [-0.2, -0.15) is 0 Å². The number of nitrogens with zero attached hydrogens (tertiary/aromatic N) is 1. The summed E-state index contributed by atoms with van der Waals surface area (Å²) in [5.41, 5.74) is 2.06. The summed E-state index contributed by atoms with van der Waals surface area (Å²) in [6, 6.07) is 16.6. The van der Waals surface area contributed by atoms with Crippen molar-refractivity contribution in [1.82, 2.24) is 0 Å². The number of methoxy groups -OCH3 is 1. The molecule has 8 heteroatoms. The van der Waals surface area contributed by atoms with Gasteiger partial charge in [-0.1, -0.05) is 32.9 Å². The number of ether oxygens (including phenoxy) is 4. The molecule has 3 aromatic carbocycles. The first-order valence-electron chi connectivity index (χ1n) is 12.8. The number of fused-ring (bicyclic) bond motifs is 1. The molecular weight excluding hydrogens is 498 g/mol. The van der Waals surface area contributed by atoms with Gasteiger partial charge in [0.15, 0.2) is 11.5 Å². The van der Waals surface area contributed by atoms with Crippen LogP contribution in [0.5, 0.6) is 23.0 Å². The largest absolute Gasteiger partial charge is 0.507 e. The van der Waals surface area contributed by atoms with E-state index in [-0.39, 0.29) is 23.5 Å². The van der Waals surface area contributed by atoms with Crippen LogP contribution in [0.15, 0.2) is 66.2 Å². The van der Waals surface area contributed by atoms with Crippen LogP contribution in [0.2, 0.25) is 0 Å². The van der Waals surface area contributed by atoms with Crippen molar-refractivity contribution < 1.29 is 33.6 Å². The highest BCUT2D eigenvalue weighted by Gasteiger charge is 2.47. The molecule has 0 saturated carbocycles. The quantitative estimate of drug-likeness (QED) is 0.247. The molecule has 5 rings (SSSR count). The molecule has 202 valence electrons. The molecule has 39 heavy (non-hydrogen) atoms. The lowest BCUT2D eigenvalue weighted by Crippen LogP contribution is -2.29. The highest BCUT2D eigenvalue weighted by atomic mass is 16.7. The van der Waals surface area contributed by atoms with Gasteiger partial charge in [-0.25, -0.2) is 0 Å². The number of ketones is 1. The zero-order chi connectivity index (χ0) is 27.9. The highest BCUT2D eigenvalue weighted by molar-refractivity contribution is 6.51. The van der Waals surface area contributed by atoms with Crippen LogP contribution in [0, 0.1) is 0 Å². The van der Waals surface area contributed by atoms with Gasteiger partial charge in [-0.15, -0.1) is 0 Å². The lowest BCUT2D eigenvalue weighted by atomic mass is 9.84. The van der Waals surface area contributed by atoms with Crippen LogP contribution in [0.25, 0.3) is 5.76 Å². The second-order valence-corrected chi connectivity index (χ2v) is 10.4. The summed E-state index contributed by atoms with van der Waals surface area (Å²) < 4.78 is 22.1. The lowest BCUT2D eigenvalue weighted by Gasteiger charge is -2.26. The van der Waals surface area contributed by atoms with E-state index in [1.165, 1.54) is 4.90 Å². The van der Waals surface area contributed by atoms with E-state index in [2.05, 4.69) is 0 Å². The Kier molecular flexibility index (Phi) is 6.72. The van der Waals surface area contributed by atoms with E-state index < -0.39 is 17.7 Å². The highest BCUT2D eigenvalue weighted by Crippen LogP contribution is 2.45. The molecular formula is C31H31NO7. The predicted octanol–water partition coefficient (Wildman–Crippen LogP) is 5.75. The molecule has 0 spiro atoms. The van der Waals surface area contributed by atoms with Crippen molar-refractivity contribution in [3.05, 3.63) is 82.9 Å². The molecule has 8 nitrogen and oxygen atoms in total. The topological polar surface area (TPSA) is 94.5 Å². The van der Waals surface area contributed by atoms with Crippen molar-refractivity contribution >= 4 is 23.1 Å². The van der Waals surface area contributed by atoms with Gasteiger partial charge in [0, 0.05) is 22.9 Å². The number of carbonyl (C=O) groups excluding carboxylic acids is 2. The minimum Gasteiger partial charge on any atom is -0.507 e. The number of hydrogen-bond donors (Lipinski definition) is 1. The first-order valence-corrected chi connectivity index (χ1v) is 12.8. The lowest BCUT2D eigenvalue weighted by molar-refractivity contribution is -0.132. The van der Waals surface area contributed by atoms with Gasteiger partial charge in [0.25, 0.3) is 11.7 Å². The van der Waals surface area contributed by atoms with Crippen LogP contribution in [0.4, 0.5) is 5.69 Å². The van der Waals surface area contributed by atoms with Crippen molar-refractivity contribution in [1.29, 1.82) is 0 Å². The number of aliphatic hydroxyl groups is 1. The number of hydrogen-bond acceptors (Lipinski definition) is 7. The van der Waals surface area contributed by atoms with Gasteiger partial charge in [0.2, 0.25) is 6.79 Å². The second kappa shape index (κ2) is 10.0. The smallest absolute Gasteiger partial charge is 0.300 e. The van der Waals surface area contributed by atoms with E-state index in [1.807, 2.05) is 27.7 Å². The molecule has 2 aliphatic heterocycles. The number of amides is 1. The first kappa shape index (κ1) is 26.2. The van der Waals surface area contributed by atoms with Crippen molar-refractivity contribution in [2.75, 3.05) is 25.4 Å². The number of Topliss-reactive ketones (excluding diaryl/α,β-unsaturated/α-hetero) is 1. The molecule has 1 amide bonds. The number of aliphatic hydroxyl groups excluding tert-OH is 1. The summed E-state index contributed by atoms with van der Waals surface area (Å²) in [5.74, 6) is 0.569. The van der Waals surface area contributed by atoms with Crippen LogP contribution < -0.4 is 23.8 Å². The molecule has 3 aromatic rings. The van der Waals surface area contributed by atoms with E-state index >= 15 is 0 Å². The molecule has 1 fully saturated rings. The molecule has 1 unspecified atom stereocenters. The third-order valence-electron chi connectivity index (χ3n) is 6.87. The van der Waals surface area contributed by atoms with E-state index in [0.29, 0.717) is 46.4 Å². The average Bonchev–Trinajstić information content (AvgIpc) is 3.49. The Balaban J connectivity index is 1.69. The number of anilines is 1. The average molecular weight is 530 g/mol. The molecule has 0 aromatic heterocycles. The molecule has 1 N–H and O–H groups in total. The summed E-state index contributed by atoms with van der Waals surface area (Å²) in [7, 11) is 1.59. The van der Waals surface area contributed by atoms with Gasteiger partial charge in [0.05, 0.1) is 25.3 Å². The molecule has 0 bridgehead atoms. The van der Waals surface area contributed by atoms with E-state index in [1.54, 1.807) is 67.8 Å². The maximum Gasteiger partial charge on any atom is 0.300 e. The second-order valence-electron chi connectivity index (χ2n) is 10.4. The predicted molar refractivity (Wildman–Crippen MR) is 147 cm³/mol. The van der Waals surface area contributed by atoms with Gasteiger partial charge in [-0.05, 0) is 60.4 Å². The summed E-state index contributed by atoms with van der Waals surface area (Å²) >= 11 is 0. The molecule has 1 saturated heterocycles. The maximum absolute atomic E-state index is 13.6. The van der Waals surface area contributed by atoms with Crippen LogP contribution in [-0.2, 0) is 15.0 Å². The Bertz CT molecular complexity index is 1470. The summed E-state index contributed by atoms with van der Waals surface area (Å²) in [6.45, 7) is 8.58. The van der Waals surface area contributed by atoms with Crippen LogP contribution in [0.3, 0.4) is 0 Å². The van der Waals surface area contributed by atoms with Gasteiger partial charge in [-0.3, -0.25) is 14.5 Å². The van der Waals surface area contributed by atoms with Gasteiger partial charge >= 0.3 is 0 Å². The van der Waals surface area contributed by atoms with Crippen LogP contribution in [0.1, 0.15) is 50.4 Å². The Morgan fingerprint density at radius 1 is 1.00 bits per heavy atom. The van der Waals surface area contributed by atoms with Crippen LogP contribution >= 0.6 is 0 Å². The monoisotopic (exact) mass is 529 g/mol. The zero-order valence-corrected chi connectivity index (χ0v) is 22.6. The van der Waals surface area contributed by atoms with Crippen molar-refractivity contribution in [3.8, 4) is 23.0 Å². The normalized spacial score (nSPS) is 18.0. The Morgan fingerprint density at radius 2 is 1.72 bits per heavy atom. The third kappa shape index (κ3) is 4.67. The molecule has 0 radical (unpaired) electrons. The summed E-state index contributed by atoms with van der Waals surface area (Å²) in [6.07, 6.45) is 0. The minimum atomic E-state index is -0.888. The third-order valence-corrected chi connectivity index (χ3v) is 6.87. The SMILES string of the molecule is CCOc1ccc(C2/C(=C(\O)c3ccc(OC)c(C(C)(C)C)c3)C(=O)C(=O)N2c2ccc3c(c2)OCO3)cc1. The Labute approximate surface area is 227 Å². The zero-order valence-electron chi connectivity index (χ0n) is 22.6. The number of carbonyl (C=O) groups is 2. The standard InChI is InChI=1S/C31H31NO7/c1-6-37-21-11-7-18(8-12-21)27-26(28(33)19-9-13-23(36-5)22(15-19)31(2,3)4)29(34)30(35)32(27)20-10-14-24-25(16-20)39-17-38-24/h7-16,27,33H,6,17H2,1-5H3/b28-26+. The van der Waals surface area contributed by atoms with E-state index in [0.717, 1.165) is 5.56 Å². The number of benzene rings is 3. The Morgan fingerprint density at radius 3 is 2.38 bits per heavy atom. The fourth-order valence-electron chi connectivity index (χ4n) is 4.96. The maximum atomic E-state index is 13.6. The minimum absolute atomic E-state index is 0.00754. The van der Waals surface area contributed by atoms with E-state index in [4.69, 9.17) is 18.9 Å². The fraction of sp³-hybridized carbons (Fsp3) is 0.290. The van der Waals surface area contributed by atoms with E-state index in [9.17, 15) is 14.7 Å².